The number of nitrogens with zero attached hydrogens (tertiary/aromatic N) is 4. The number of aromatic nitrogens is 3. The maximum absolute atomic E-state index is 13.6. The van der Waals surface area contributed by atoms with Crippen molar-refractivity contribution < 1.29 is 18.4 Å². The first-order valence-electron chi connectivity index (χ1n) is 8.40. The highest BCUT2D eigenvalue weighted by Crippen LogP contribution is 2.17. The Morgan fingerprint density at radius 1 is 1.14 bits per heavy atom. The van der Waals surface area contributed by atoms with Gasteiger partial charge in [0.15, 0.2) is 5.15 Å². The number of rotatable bonds is 7. The van der Waals surface area contributed by atoms with Crippen LogP contribution in [0.3, 0.4) is 0 Å². The summed E-state index contributed by atoms with van der Waals surface area (Å²) in [5, 5.41) is 6.24. The summed E-state index contributed by atoms with van der Waals surface area (Å²) in [6.07, 6.45) is 7.10. The Kier molecular flexibility index (Phi) is 6.75. The van der Waals surface area contributed by atoms with Gasteiger partial charge in [0.1, 0.15) is 23.0 Å². The molecule has 7 nitrogen and oxygen atoms in total. The number of halogens is 3. The molecular formula is C19H14ClF2N5O2. The lowest BCUT2D eigenvalue weighted by molar-refractivity contribution is 0.101. The van der Waals surface area contributed by atoms with E-state index in [-0.39, 0.29) is 16.9 Å². The predicted molar refractivity (Wildman–Crippen MR) is 103 cm³/mol. The first-order chi connectivity index (χ1) is 14.0. The molecule has 3 aromatic rings. The molecule has 0 aliphatic heterocycles. The van der Waals surface area contributed by atoms with Crippen molar-refractivity contribution in [3.05, 3.63) is 76.8 Å². The van der Waals surface area contributed by atoms with E-state index < -0.39 is 23.1 Å². The molecule has 0 spiro atoms. The van der Waals surface area contributed by atoms with E-state index in [1.165, 1.54) is 18.5 Å². The molecule has 0 bridgehead atoms. The molecule has 0 aliphatic rings. The fourth-order valence-electron chi connectivity index (χ4n) is 2.28. The van der Waals surface area contributed by atoms with Gasteiger partial charge in [0, 0.05) is 24.8 Å². The van der Waals surface area contributed by atoms with Gasteiger partial charge < -0.3 is 10.2 Å². The Morgan fingerprint density at radius 3 is 2.59 bits per heavy atom. The average Bonchev–Trinajstić information content (AvgIpc) is 2.70. The molecule has 1 N–H and O–H groups in total. The Morgan fingerprint density at radius 2 is 1.90 bits per heavy atom. The van der Waals surface area contributed by atoms with E-state index in [9.17, 15) is 13.6 Å². The van der Waals surface area contributed by atoms with Crippen LogP contribution in [0.4, 0.5) is 14.6 Å². The second-order valence-corrected chi connectivity index (χ2v) is 6.03. The molecule has 148 valence electrons. The van der Waals surface area contributed by atoms with Crippen molar-refractivity contribution in [1.82, 2.24) is 15.0 Å². The molecule has 10 heteroatoms. The Hall–Kier alpha value is -3.46. The summed E-state index contributed by atoms with van der Waals surface area (Å²) in [6.45, 7) is 0. The minimum atomic E-state index is -0.941. The maximum Gasteiger partial charge on any atom is 0.286 e. The number of amides is 1. The number of hydrogen-bond donors (Lipinski definition) is 1. The zero-order valence-corrected chi connectivity index (χ0v) is 15.6. The molecule has 2 heterocycles. The lowest BCUT2D eigenvalue weighted by atomic mass is 10.1. The molecule has 0 saturated carbocycles. The van der Waals surface area contributed by atoms with Gasteiger partial charge in [-0.3, -0.25) is 4.79 Å². The number of carbonyl (C=O) groups is 1. The number of nitrogens with one attached hydrogen (secondary N) is 1. The number of oxime groups is 1. The van der Waals surface area contributed by atoms with Gasteiger partial charge in [0.25, 0.3) is 11.8 Å². The van der Waals surface area contributed by atoms with E-state index in [1.54, 1.807) is 24.5 Å². The van der Waals surface area contributed by atoms with Gasteiger partial charge in [0.05, 0.1) is 0 Å². The second kappa shape index (κ2) is 9.65. The molecule has 0 radical (unpaired) electrons. The van der Waals surface area contributed by atoms with Crippen molar-refractivity contribution in [1.29, 1.82) is 0 Å². The van der Waals surface area contributed by atoms with Crippen LogP contribution in [0, 0.1) is 11.6 Å². The third-order valence-electron chi connectivity index (χ3n) is 3.65. The number of benzene rings is 1. The van der Waals surface area contributed by atoms with E-state index in [1.807, 2.05) is 0 Å². The van der Waals surface area contributed by atoms with Crippen molar-refractivity contribution in [2.75, 3.05) is 5.32 Å². The first-order valence-corrected chi connectivity index (χ1v) is 8.78. The average molecular weight is 418 g/mol. The first kappa shape index (κ1) is 20.3. The van der Waals surface area contributed by atoms with E-state index in [4.69, 9.17) is 16.4 Å². The molecule has 0 unspecified atom stereocenters. The van der Waals surface area contributed by atoms with Crippen molar-refractivity contribution in [3.63, 3.8) is 0 Å². The SMILES string of the molecule is O=C(Nc1ccc(CC/C=N/Oc2nccnc2Cl)cn1)c1c(F)cccc1F. The Labute approximate surface area is 169 Å². The van der Waals surface area contributed by atoms with Crippen LogP contribution in [0.2, 0.25) is 5.15 Å². The summed E-state index contributed by atoms with van der Waals surface area (Å²) >= 11 is 5.79. The van der Waals surface area contributed by atoms with Crippen LogP contribution in [0.5, 0.6) is 5.88 Å². The van der Waals surface area contributed by atoms with E-state index in [0.717, 1.165) is 17.7 Å². The van der Waals surface area contributed by atoms with Gasteiger partial charge in [-0.05, 0) is 36.6 Å². The maximum atomic E-state index is 13.6. The molecule has 0 fully saturated rings. The molecule has 0 atom stereocenters. The zero-order chi connectivity index (χ0) is 20.6. The van der Waals surface area contributed by atoms with Gasteiger partial charge in [-0.2, -0.15) is 0 Å². The molecule has 0 aliphatic carbocycles. The quantitative estimate of drug-likeness (QED) is 0.462. The van der Waals surface area contributed by atoms with Gasteiger partial charge in [-0.25, -0.2) is 23.7 Å². The van der Waals surface area contributed by atoms with Crippen LogP contribution in [-0.2, 0) is 6.42 Å². The fraction of sp³-hybridized carbons (Fsp3) is 0.105. The molecule has 1 amide bonds. The topological polar surface area (TPSA) is 89.4 Å². The van der Waals surface area contributed by atoms with Gasteiger partial charge >= 0.3 is 0 Å². The summed E-state index contributed by atoms with van der Waals surface area (Å²) in [6, 6.07) is 6.48. The third-order valence-corrected chi connectivity index (χ3v) is 3.91. The van der Waals surface area contributed by atoms with Crippen molar-refractivity contribution >= 4 is 29.5 Å². The highest BCUT2D eigenvalue weighted by molar-refractivity contribution is 6.30. The smallest absolute Gasteiger partial charge is 0.286 e. The van der Waals surface area contributed by atoms with Crippen LogP contribution in [0.15, 0.2) is 54.1 Å². The van der Waals surface area contributed by atoms with Crippen molar-refractivity contribution in [2.45, 2.75) is 12.8 Å². The molecule has 2 aromatic heterocycles. The normalized spacial score (nSPS) is 10.9. The lowest BCUT2D eigenvalue weighted by Gasteiger charge is -2.07. The third kappa shape index (κ3) is 5.52. The number of carbonyl (C=O) groups excluding carboxylic acids is 1. The van der Waals surface area contributed by atoms with Crippen LogP contribution in [-0.4, -0.2) is 27.1 Å². The number of aryl methyl sites for hydroxylation is 1. The van der Waals surface area contributed by atoms with Gasteiger partial charge in [-0.15, -0.1) is 0 Å². The summed E-state index contributed by atoms with van der Waals surface area (Å²) < 4.78 is 27.3. The van der Waals surface area contributed by atoms with Gasteiger partial charge in [-0.1, -0.05) is 28.9 Å². The number of pyridine rings is 1. The van der Waals surface area contributed by atoms with Gasteiger partial charge in [0.2, 0.25) is 0 Å². The van der Waals surface area contributed by atoms with Crippen molar-refractivity contribution in [2.24, 2.45) is 5.16 Å². The summed E-state index contributed by atoms with van der Waals surface area (Å²) in [5.74, 6) is -2.51. The van der Waals surface area contributed by atoms with Crippen molar-refractivity contribution in [3.8, 4) is 5.88 Å². The molecule has 3 rings (SSSR count). The summed E-state index contributed by atoms with van der Waals surface area (Å²) in [4.78, 5) is 28.8. The van der Waals surface area contributed by atoms with E-state index in [0.29, 0.717) is 12.8 Å². The molecule has 29 heavy (non-hydrogen) atoms. The Balaban J connectivity index is 1.51. The predicted octanol–water partition coefficient (Wildman–Crippen LogP) is 4.05. The second-order valence-electron chi connectivity index (χ2n) is 5.67. The van der Waals surface area contributed by atoms with Crippen LogP contribution >= 0.6 is 11.6 Å². The summed E-state index contributed by atoms with van der Waals surface area (Å²) in [7, 11) is 0. The molecule has 0 saturated heterocycles. The highest BCUT2D eigenvalue weighted by atomic mass is 35.5. The largest absolute Gasteiger partial charge is 0.333 e. The lowest BCUT2D eigenvalue weighted by Crippen LogP contribution is -2.16. The zero-order valence-electron chi connectivity index (χ0n) is 14.8. The molecular weight excluding hydrogens is 404 g/mol. The fourth-order valence-corrected chi connectivity index (χ4v) is 2.42. The van der Waals surface area contributed by atoms with Crippen LogP contribution in [0.25, 0.3) is 0 Å². The minimum Gasteiger partial charge on any atom is -0.333 e. The van der Waals surface area contributed by atoms with E-state index >= 15 is 0 Å². The van der Waals surface area contributed by atoms with Crippen LogP contribution < -0.4 is 10.2 Å². The number of anilines is 1. The van der Waals surface area contributed by atoms with E-state index in [2.05, 4.69) is 25.4 Å². The minimum absolute atomic E-state index is 0.110. The summed E-state index contributed by atoms with van der Waals surface area (Å²) in [5.41, 5.74) is 0.210. The molecule has 1 aromatic carbocycles. The van der Waals surface area contributed by atoms with Crippen LogP contribution in [0.1, 0.15) is 22.3 Å². The number of hydrogen-bond acceptors (Lipinski definition) is 6. The standard InChI is InChI=1S/C19H14ClF2N5O2/c20-17-19(24-10-9-23-17)29-26-8-2-3-12-6-7-15(25-11-12)27-18(28)16-13(21)4-1-5-14(16)22/h1,4-11H,2-3H2,(H,25,27,28)/b26-8+. The monoisotopic (exact) mass is 417 g/mol. The highest BCUT2D eigenvalue weighted by Gasteiger charge is 2.17. The Bertz CT molecular complexity index is 1010.